The van der Waals surface area contributed by atoms with Gasteiger partial charge in [0.15, 0.2) is 0 Å². The normalized spacial score (nSPS) is 15.0. The second-order valence-electron chi connectivity index (χ2n) is 7.45. The SMILES string of the molecule is CC(c1cc2ccccc2o1)N(C)C(=O)NCc1ccc(N2CCCC2=O)cc1. The van der Waals surface area contributed by atoms with Crippen LogP contribution >= 0.6 is 0 Å². The topological polar surface area (TPSA) is 65.8 Å². The lowest BCUT2D eigenvalue weighted by Crippen LogP contribution is -2.38. The monoisotopic (exact) mass is 391 g/mol. The van der Waals surface area contributed by atoms with E-state index in [1.807, 2.05) is 66.4 Å². The lowest BCUT2D eigenvalue weighted by atomic mass is 10.2. The summed E-state index contributed by atoms with van der Waals surface area (Å²) in [4.78, 5) is 27.9. The van der Waals surface area contributed by atoms with E-state index in [0.29, 0.717) is 13.0 Å². The van der Waals surface area contributed by atoms with Crippen molar-refractivity contribution in [3.63, 3.8) is 0 Å². The zero-order valence-corrected chi connectivity index (χ0v) is 16.7. The molecule has 0 radical (unpaired) electrons. The molecule has 1 unspecified atom stereocenters. The smallest absolute Gasteiger partial charge is 0.318 e. The first-order valence-electron chi connectivity index (χ1n) is 9.91. The quantitative estimate of drug-likeness (QED) is 0.698. The Morgan fingerprint density at radius 3 is 2.66 bits per heavy atom. The van der Waals surface area contributed by atoms with Gasteiger partial charge in [-0.05, 0) is 43.2 Å². The molecule has 0 spiro atoms. The van der Waals surface area contributed by atoms with Crippen LogP contribution in [-0.2, 0) is 11.3 Å². The fourth-order valence-electron chi connectivity index (χ4n) is 3.59. The summed E-state index contributed by atoms with van der Waals surface area (Å²) in [6, 6.07) is 17.2. The molecule has 1 aliphatic heterocycles. The number of carbonyl (C=O) groups is 2. The predicted octanol–water partition coefficient (Wildman–Crippen LogP) is 4.46. The maximum atomic E-state index is 12.6. The van der Waals surface area contributed by atoms with Crippen molar-refractivity contribution in [1.82, 2.24) is 10.2 Å². The summed E-state index contributed by atoms with van der Waals surface area (Å²) in [6.45, 7) is 3.14. The molecule has 1 saturated heterocycles. The Hall–Kier alpha value is -3.28. The van der Waals surface area contributed by atoms with Crippen molar-refractivity contribution in [3.8, 4) is 0 Å². The van der Waals surface area contributed by atoms with E-state index in [2.05, 4.69) is 5.32 Å². The molecule has 4 rings (SSSR count). The first-order chi connectivity index (χ1) is 14.0. The molecular formula is C23H25N3O3. The Labute approximate surface area is 170 Å². The molecule has 29 heavy (non-hydrogen) atoms. The number of nitrogens with zero attached hydrogens (tertiary/aromatic N) is 2. The molecule has 150 valence electrons. The molecule has 1 aromatic heterocycles. The number of rotatable bonds is 5. The van der Waals surface area contributed by atoms with Crippen LogP contribution in [-0.4, -0.2) is 30.4 Å². The standard InChI is InChI=1S/C23H25N3O3/c1-16(21-14-18-6-3-4-7-20(18)29-21)25(2)23(28)24-15-17-9-11-19(12-10-17)26-13-5-8-22(26)27/h3-4,6-7,9-12,14,16H,5,8,13,15H2,1-2H3,(H,24,28). The molecule has 2 aromatic carbocycles. The highest BCUT2D eigenvalue weighted by molar-refractivity contribution is 5.95. The summed E-state index contributed by atoms with van der Waals surface area (Å²) in [5, 5.41) is 3.97. The molecule has 6 heteroatoms. The second kappa shape index (κ2) is 7.99. The van der Waals surface area contributed by atoms with E-state index in [1.54, 1.807) is 11.9 Å². The Bertz CT molecular complexity index is 992. The molecular weight excluding hydrogens is 366 g/mol. The largest absolute Gasteiger partial charge is 0.459 e. The van der Waals surface area contributed by atoms with Crippen molar-refractivity contribution in [2.24, 2.45) is 0 Å². The molecule has 6 nitrogen and oxygen atoms in total. The number of urea groups is 1. The fraction of sp³-hybridized carbons (Fsp3) is 0.304. The maximum absolute atomic E-state index is 12.6. The van der Waals surface area contributed by atoms with E-state index in [0.717, 1.165) is 40.9 Å². The number of para-hydroxylation sites is 1. The first-order valence-corrected chi connectivity index (χ1v) is 9.91. The maximum Gasteiger partial charge on any atom is 0.318 e. The van der Waals surface area contributed by atoms with Crippen LogP contribution in [0.3, 0.4) is 0 Å². The van der Waals surface area contributed by atoms with Crippen LogP contribution in [0.5, 0.6) is 0 Å². The van der Waals surface area contributed by atoms with Gasteiger partial charge in [-0.1, -0.05) is 30.3 Å². The predicted molar refractivity (Wildman–Crippen MR) is 113 cm³/mol. The zero-order chi connectivity index (χ0) is 20.4. The average molecular weight is 391 g/mol. The number of hydrogen-bond donors (Lipinski definition) is 1. The van der Waals surface area contributed by atoms with Gasteiger partial charge < -0.3 is 19.5 Å². The van der Waals surface area contributed by atoms with Gasteiger partial charge in [-0.15, -0.1) is 0 Å². The number of hydrogen-bond acceptors (Lipinski definition) is 3. The summed E-state index contributed by atoms with van der Waals surface area (Å²) in [5.74, 6) is 0.927. The fourth-order valence-corrected chi connectivity index (χ4v) is 3.59. The minimum atomic E-state index is -0.189. The molecule has 1 N–H and O–H groups in total. The second-order valence-corrected chi connectivity index (χ2v) is 7.45. The lowest BCUT2D eigenvalue weighted by Gasteiger charge is -2.23. The molecule has 3 amide bonds. The summed E-state index contributed by atoms with van der Waals surface area (Å²) >= 11 is 0. The van der Waals surface area contributed by atoms with Crippen LogP contribution in [0.15, 0.2) is 59.0 Å². The minimum absolute atomic E-state index is 0.170. The molecule has 3 aromatic rings. The highest BCUT2D eigenvalue weighted by Crippen LogP contribution is 2.27. The summed E-state index contributed by atoms with van der Waals surface area (Å²) in [5.41, 5.74) is 2.72. The van der Waals surface area contributed by atoms with E-state index in [9.17, 15) is 9.59 Å². The van der Waals surface area contributed by atoms with Crippen molar-refractivity contribution >= 4 is 28.6 Å². The van der Waals surface area contributed by atoms with E-state index in [4.69, 9.17) is 4.42 Å². The van der Waals surface area contributed by atoms with Crippen LogP contribution in [0.4, 0.5) is 10.5 Å². The number of amides is 3. The van der Waals surface area contributed by atoms with Crippen molar-refractivity contribution in [1.29, 1.82) is 0 Å². The minimum Gasteiger partial charge on any atom is -0.459 e. The van der Waals surface area contributed by atoms with E-state index < -0.39 is 0 Å². The van der Waals surface area contributed by atoms with Crippen molar-refractivity contribution in [2.45, 2.75) is 32.4 Å². The summed E-state index contributed by atoms with van der Waals surface area (Å²) < 4.78 is 5.88. The van der Waals surface area contributed by atoms with Crippen LogP contribution in [0, 0.1) is 0 Å². The first kappa shape index (κ1) is 19.1. The highest BCUT2D eigenvalue weighted by atomic mass is 16.3. The molecule has 1 fully saturated rings. The Balaban J connectivity index is 1.35. The van der Waals surface area contributed by atoms with Crippen LogP contribution in [0.2, 0.25) is 0 Å². The molecule has 0 aliphatic carbocycles. The number of carbonyl (C=O) groups excluding carboxylic acids is 2. The van der Waals surface area contributed by atoms with Crippen LogP contribution in [0.25, 0.3) is 11.0 Å². The van der Waals surface area contributed by atoms with Crippen molar-refractivity contribution < 1.29 is 14.0 Å². The van der Waals surface area contributed by atoms with Gasteiger partial charge in [-0.25, -0.2) is 4.79 Å². The Morgan fingerprint density at radius 2 is 1.97 bits per heavy atom. The van der Waals surface area contributed by atoms with Gasteiger partial charge in [0.1, 0.15) is 11.3 Å². The number of furan rings is 1. The third kappa shape index (κ3) is 3.97. The third-order valence-corrected chi connectivity index (χ3v) is 5.52. The van der Waals surface area contributed by atoms with Crippen molar-refractivity contribution in [2.75, 3.05) is 18.5 Å². The van der Waals surface area contributed by atoms with Gasteiger partial charge >= 0.3 is 6.03 Å². The molecule has 0 saturated carbocycles. The average Bonchev–Trinajstić information content (AvgIpc) is 3.37. The van der Waals surface area contributed by atoms with E-state index in [1.165, 1.54) is 0 Å². The number of nitrogens with one attached hydrogen (secondary N) is 1. The molecule has 1 aliphatic rings. The number of benzene rings is 2. The molecule has 0 bridgehead atoms. The van der Waals surface area contributed by atoms with Gasteiger partial charge in [-0.3, -0.25) is 4.79 Å². The van der Waals surface area contributed by atoms with Crippen LogP contribution < -0.4 is 10.2 Å². The zero-order valence-electron chi connectivity index (χ0n) is 16.7. The van der Waals surface area contributed by atoms with Gasteiger partial charge in [0.2, 0.25) is 5.91 Å². The summed E-state index contributed by atoms with van der Waals surface area (Å²) in [6.07, 6.45) is 1.53. The van der Waals surface area contributed by atoms with Gasteiger partial charge in [0.05, 0.1) is 6.04 Å². The third-order valence-electron chi connectivity index (χ3n) is 5.52. The van der Waals surface area contributed by atoms with Crippen LogP contribution in [0.1, 0.15) is 37.1 Å². The van der Waals surface area contributed by atoms with Crippen molar-refractivity contribution in [3.05, 3.63) is 65.9 Å². The lowest BCUT2D eigenvalue weighted by molar-refractivity contribution is -0.117. The Morgan fingerprint density at radius 1 is 1.21 bits per heavy atom. The van der Waals surface area contributed by atoms with Gasteiger partial charge in [0, 0.05) is 37.6 Å². The van der Waals surface area contributed by atoms with E-state index in [-0.39, 0.29) is 18.0 Å². The molecule has 2 heterocycles. The summed E-state index contributed by atoms with van der Waals surface area (Å²) in [7, 11) is 1.76. The van der Waals surface area contributed by atoms with Gasteiger partial charge in [-0.2, -0.15) is 0 Å². The highest BCUT2D eigenvalue weighted by Gasteiger charge is 2.22. The van der Waals surface area contributed by atoms with E-state index >= 15 is 0 Å². The van der Waals surface area contributed by atoms with Gasteiger partial charge in [0.25, 0.3) is 0 Å². The number of fused-ring (bicyclic) bond motifs is 1. The Kier molecular flexibility index (Phi) is 5.25. The number of anilines is 1. The molecule has 1 atom stereocenters.